The lowest BCUT2D eigenvalue weighted by atomic mass is 9.84. The van der Waals surface area contributed by atoms with Gasteiger partial charge in [-0.25, -0.2) is 0 Å². The SMILES string of the molecule is CC(C)(C)CC(=O)N[C@@H](CCC(=O)C(C)(C)C(N)=O)Cc1c[nH]c2ccccc12. The Bertz CT molecular complexity index is 890. The minimum atomic E-state index is -1.21. The number of fused-ring (bicyclic) bond motifs is 1. The molecule has 29 heavy (non-hydrogen) atoms. The maximum atomic E-state index is 12.5. The van der Waals surface area contributed by atoms with Crippen molar-refractivity contribution in [2.24, 2.45) is 16.6 Å². The normalized spacial score (nSPS) is 13.3. The van der Waals surface area contributed by atoms with Gasteiger partial charge in [-0.05, 0) is 43.7 Å². The lowest BCUT2D eigenvalue weighted by molar-refractivity contribution is -0.138. The summed E-state index contributed by atoms with van der Waals surface area (Å²) in [6, 6.07) is 7.78. The summed E-state index contributed by atoms with van der Waals surface area (Å²) in [5.74, 6) is -0.879. The van der Waals surface area contributed by atoms with Crippen molar-refractivity contribution in [3.05, 3.63) is 36.0 Å². The number of aromatic nitrogens is 1. The van der Waals surface area contributed by atoms with Crippen molar-refractivity contribution in [1.82, 2.24) is 10.3 Å². The summed E-state index contributed by atoms with van der Waals surface area (Å²) in [5, 5.41) is 4.19. The molecular formula is C23H33N3O3. The first-order valence-corrected chi connectivity index (χ1v) is 10.1. The third-order valence-corrected chi connectivity index (χ3v) is 5.23. The highest BCUT2D eigenvalue weighted by molar-refractivity contribution is 6.04. The van der Waals surface area contributed by atoms with E-state index in [9.17, 15) is 14.4 Å². The minimum Gasteiger partial charge on any atom is -0.369 e. The number of H-pyrrole nitrogens is 1. The number of primary amides is 1. The lowest BCUT2D eigenvalue weighted by Gasteiger charge is -2.24. The number of aromatic amines is 1. The van der Waals surface area contributed by atoms with Crippen LogP contribution in [0.3, 0.4) is 0 Å². The molecule has 0 saturated heterocycles. The molecule has 0 radical (unpaired) electrons. The van der Waals surface area contributed by atoms with Gasteiger partial charge < -0.3 is 16.0 Å². The van der Waals surface area contributed by atoms with Crippen LogP contribution in [0.25, 0.3) is 10.9 Å². The zero-order chi connectivity index (χ0) is 21.8. The van der Waals surface area contributed by atoms with E-state index in [-0.39, 0.29) is 29.6 Å². The van der Waals surface area contributed by atoms with Gasteiger partial charge in [0, 0.05) is 36.0 Å². The molecule has 1 aromatic heterocycles. The molecule has 0 aliphatic rings. The van der Waals surface area contributed by atoms with Crippen LogP contribution < -0.4 is 11.1 Å². The van der Waals surface area contributed by atoms with Crippen molar-refractivity contribution in [2.45, 2.75) is 66.3 Å². The molecule has 6 heteroatoms. The van der Waals surface area contributed by atoms with Crippen molar-refractivity contribution in [2.75, 3.05) is 0 Å². The van der Waals surface area contributed by atoms with Crippen molar-refractivity contribution in [3.8, 4) is 0 Å². The molecule has 1 heterocycles. The quantitative estimate of drug-likeness (QED) is 0.562. The molecule has 2 amide bonds. The number of ketones is 1. The van der Waals surface area contributed by atoms with E-state index in [0.717, 1.165) is 16.5 Å². The molecular weight excluding hydrogens is 366 g/mol. The number of hydrogen-bond donors (Lipinski definition) is 3. The third-order valence-electron chi connectivity index (χ3n) is 5.23. The van der Waals surface area contributed by atoms with Crippen LogP contribution in [0.1, 0.15) is 59.4 Å². The summed E-state index contributed by atoms with van der Waals surface area (Å²) in [6.45, 7) is 9.13. The summed E-state index contributed by atoms with van der Waals surface area (Å²) in [6.07, 6.45) is 3.58. The number of benzene rings is 1. The van der Waals surface area contributed by atoms with Crippen LogP contribution in [0.2, 0.25) is 0 Å². The number of rotatable bonds is 9. The van der Waals surface area contributed by atoms with Crippen molar-refractivity contribution < 1.29 is 14.4 Å². The first-order chi connectivity index (χ1) is 13.4. The van der Waals surface area contributed by atoms with Crippen LogP contribution in [-0.2, 0) is 20.8 Å². The van der Waals surface area contributed by atoms with Gasteiger partial charge in [0.05, 0.1) is 0 Å². The second-order valence-electron chi connectivity index (χ2n) is 9.52. The van der Waals surface area contributed by atoms with Crippen LogP contribution in [0.5, 0.6) is 0 Å². The van der Waals surface area contributed by atoms with Crippen LogP contribution in [0.15, 0.2) is 30.5 Å². The number of para-hydroxylation sites is 1. The summed E-state index contributed by atoms with van der Waals surface area (Å²) >= 11 is 0. The molecule has 4 N–H and O–H groups in total. The first-order valence-electron chi connectivity index (χ1n) is 10.1. The van der Waals surface area contributed by atoms with Gasteiger partial charge in [-0.15, -0.1) is 0 Å². The van der Waals surface area contributed by atoms with Gasteiger partial charge in [0.2, 0.25) is 11.8 Å². The molecule has 2 aromatic rings. The highest BCUT2D eigenvalue weighted by atomic mass is 16.2. The zero-order valence-electron chi connectivity index (χ0n) is 18.1. The van der Waals surface area contributed by atoms with E-state index in [1.807, 2.05) is 51.2 Å². The summed E-state index contributed by atoms with van der Waals surface area (Å²) in [4.78, 5) is 39.9. The lowest BCUT2D eigenvalue weighted by Crippen LogP contribution is -2.41. The molecule has 0 unspecified atom stereocenters. The van der Waals surface area contributed by atoms with E-state index in [1.54, 1.807) is 13.8 Å². The molecule has 0 spiro atoms. The van der Waals surface area contributed by atoms with Crippen LogP contribution in [0, 0.1) is 10.8 Å². The average Bonchev–Trinajstić information content (AvgIpc) is 3.00. The number of amides is 2. The van der Waals surface area contributed by atoms with Gasteiger partial charge >= 0.3 is 0 Å². The highest BCUT2D eigenvalue weighted by Gasteiger charge is 2.33. The zero-order valence-corrected chi connectivity index (χ0v) is 18.1. The molecule has 2 rings (SSSR count). The maximum Gasteiger partial charge on any atom is 0.230 e. The second-order valence-corrected chi connectivity index (χ2v) is 9.52. The second kappa shape index (κ2) is 8.80. The Morgan fingerprint density at radius 1 is 1.10 bits per heavy atom. The number of nitrogens with two attached hydrogens (primary N) is 1. The van der Waals surface area contributed by atoms with E-state index in [0.29, 0.717) is 19.3 Å². The van der Waals surface area contributed by atoms with E-state index < -0.39 is 11.3 Å². The Hall–Kier alpha value is -2.63. The first kappa shape index (κ1) is 22.7. The van der Waals surface area contributed by atoms with Crippen molar-refractivity contribution in [1.29, 1.82) is 0 Å². The van der Waals surface area contributed by atoms with Gasteiger partial charge in [0.25, 0.3) is 0 Å². The monoisotopic (exact) mass is 399 g/mol. The summed E-state index contributed by atoms with van der Waals surface area (Å²) in [5.41, 5.74) is 6.15. The van der Waals surface area contributed by atoms with Crippen molar-refractivity contribution >= 4 is 28.5 Å². The number of hydrogen-bond acceptors (Lipinski definition) is 3. The molecule has 0 aliphatic carbocycles. The largest absolute Gasteiger partial charge is 0.369 e. The van der Waals surface area contributed by atoms with Gasteiger partial charge in [-0.1, -0.05) is 39.0 Å². The summed E-state index contributed by atoms with van der Waals surface area (Å²) in [7, 11) is 0. The molecule has 0 bridgehead atoms. The number of carbonyl (C=O) groups is 3. The molecule has 0 aliphatic heterocycles. The number of carbonyl (C=O) groups excluding carboxylic acids is 3. The van der Waals surface area contributed by atoms with Gasteiger partial charge in [-0.2, -0.15) is 0 Å². The van der Waals surface area contributed by atoms with E-state index in [1.165, 1.54) is 0 Å². The topological polar surface area (TPSA) is 105 Å². The van der Waals surface area contributed by atoms with E-state index in [4.69, 9.17) is 5.73 Å². The van der Waals surface area contributed by atoms with Gasteiger partial charge in [0.15, 0.2) is 0 Å². The smallest absolute Gasteiger partial charge is 0.230 e. The molecule has 1 atom stereocenters. The van der Waals surface area contributed by atoms with Gasteiger partial charge in [-0.3, -0.25) is 14.4 Å². The maximum absolute atomic E-state index is 12.5. The average molecular weight is 400 g/mol. The molecule has 0 fully saturated rings. The Morgan fingerprint density at radius 3 is 2.38 bits per heavy atom. The Balaban J connectivity index is 2.15. The summed E-state index contributed by atoms with van der Waals surface area (Å²) < 4.78 is 0. The molecule has 1 aromatic carbocycles. The van der Waals surface area contributed by atoms with E-state index in [2.05, 4.69) is 10.3 Å². The Kier molecular flexibility index (Phi) is 6.88. The van der Waals surface area contributed by atoms with E-state index >= 15 is 0 Å². The number of Topliss-reactive ketones (excluding diaryl/α,β-unsaturated/α-hetero) is 1. The minimum absolute atomic E-state index is 0.0380. The molecule has 0 saturated carbocycles. The van der Waals surface area contributed by atoms with Crippen LogP contribution in [-0.4, -0.2) is 28.6 Å². The van der Waals surface area contributed by atoms with Crippen LogP contribution in [0.4, 0.5) is 0 Å². The fourth-order valence-electron chi connectivity index (χ4n) is 3.31. The predicted molar refractivity (Wildman–Crippen MR) is 115 cm³/mol. The fraction of sp³-hybridized carbons (Fsp3) is 0.522. The standard InChI is InChI=1S/C23H33N3O3/c1-22(2,3)13-20(28)26-16(10-11-19(27)23(4,5)21(24)29)12-15-14-25-18-9-7-6-8-17(15)18/h6-9,14,16,25H,10-13H2,1-5H3,(H2,24,29)(H,26,28)/t16-/m0/s1. The number of nitrogens with one attached hydrogen (secondary N) is 2. The Morgan fingerprint density at radius 2 is 1.76 bits per heavy atom. The molecule has 6 nitrogen and oxygen atoms in total. The Labute approximate surface area is 172 Å². The van der Waals surface area contributed by atoms with Gasteiger partial charge in [0.1, 0.15) is 11.2 Å². The highest BCUT2D eigenvalue weighted by Crippen LogP contribution is 2.24. The molecule has 158 valence electrons. The predicted octanol–water partition coefficient (Wildman–Crippen LogP) is 3.49. The van der Waals surface area contributed by atoms with Crippen LogP contribution >= 0.6 is 0 Å². The fourth-order valence-corrected chi connectivity index (χ4v) is 3.31. The van der Waals surface area contributed by atoms with Crippen molar-refractivity contribution in [3.63, 3.8) is 0 Å². The third kappa shape index (κ3) is 6.17.